The molecule has 0 fully saturated rings. The molecule has 2 heterocycles. The van der Waals surface area contributed by atoms with Crippen molar-refractivity contribution in [2.24, 2.45) is 0 Å². The van der Waals surface area contributed by atoms with Crippen LogP contribution in [0.15, 0.2) is 41.0 Å². The van der Waals surface area contributed by atoms with E-state index in [1.807, 2.05) is 18.2 Å². The maximum Gasteiger partial charge on any atom is 0.145 e. The summed E-state index contributed by atoms with van der Waals surface area (Å²) in [5.74, 6) is -0.605. The fourth-order valence-electron chi connectivity index (χ4n) is 3.12. The molecule has 0 bridgehead atoms. The molecule has 0 saturated carbocycles. The Morgan fingerprint density at radius 1 is 1.32 bits per heavy atom. The zero-order valence-electron chi connectivity index (χ0n) is 11.2. The number of alkyl halides is 1. The monoisotopic (exact) mass is 382 g/mol. The van der Waals surface area contributed by atoms with Gasteiger partial charge in [-0.05, 0) is 34.0 Å². The molecule has 4 rings (SSSR count). The number of rotatable bonds is 1. The van der Waals surface area contributed by atoms with Crippen LogP contribution in [0.2, 0.25) is 5.02 Å². The molecule has 2 nitrogen and oxygen atoms in total. The van der Waals surface area contributed by atoms with Crippen molar-refractivity contribution in [2.75, 3.05) is 0 Å². The molecule has 112 valence electrons. The minimum Gasteiger partial charge on any atom is -0.302 e. The quantitative estimate of drug-likeness (QED) is 0.547. The van der Waals surface area contributed by atoms with Gasteiger partial charge in [0.25, 0.3) is 0 Å². The molecule has 1 aliphatic carbocycles. The van der Waals surface area contributed by atoms with E-state index in [1.54, 1.807) is 16.7 Å². The van der Waals surface area contributed by atoms with Gasteiger partial charge >= 0.3 is 0 Å². The van der Waals surface area contributed by atoms with Gasteiger partial charge < -0.3 is 4.40 Å². The molecular formula is C16H10BrClF2N2. The predicted octanol–water partition coefficient (Wildman–Crippen LogP) is 5.44. The van der Waals surface area contributed by atoms with Crippen molar-refractivity contribution in [2.45, 2.75) is 18.5 Å². The number of benzene rings is 1. The van der Waals surface area contributed by atoms with Crippen LogP contribution in [0.3, 0.4) is 0 Å². The summed E-state index contributed by atoms with van der Waals surface area (Å²) in [5, 5.41) is 0.601. The first kappa shape index (κ1) is 14.2. The summed E-state index contributed by atoms with van der Waals surface area (Å²) in [7, 11) is 0. The van der Waals surface area contributed by atoms with Gasteiger partial charge in [-0.15, -0.1) is 0 Å². The van der Waals surface area contributed by atoms with Gasteiger partial charge in [0.05, 0.1) is 15.9 Å². The number of hydrogen-bond acceptors (Lipinski definition) is 1. The van der Waals surface area contributed by atoms with Crippen LogP contribution in [0.5, 0.6) is 0 Å². The third kappa shape index (κ3) is 1.99. The van der Waals surface area contributed by atoms with E-state index < -0.39 is 12.0 Å². The van der Waals surface area contributed by atoms with Crippen LogP contribution in [-0.2, 0) is 0 Å². The molecule has 3 aromatic rings. The third-order valence-corrected chi connectivity index (χ3v) is 5.01. The fourth-order valence-corrected chi connectivity index (χ4v) is 3.70. The lowest BCUT2D eigenvalue weighted by Gasteiger charge is -2.14. The number of aromatic nitrogens is 2. The van der Waals surface area contributed by atoms with Crippen molar-refractivity contribution in [1.82, 2.24) is 9.38 Å². The molecule has 0 amide bonds. The second-order valence-electron chi connectivity index (χ2n) is 5.36. The topological polar surface area (TPSA) is 17.3 Å². The SMILES string of the molecule is Fc1cc2nc3c(n2cc1Br)C(c1ccccc1Cl)C[C@@H]3F. The van der Waals surface area contributed by atoms with Crippen molar-refractivity contribution >= 4 is 33.2 Å². The smallest absolute Gasteiger partial charge is 0.145 e. The Morgan fingerprint density at radius 2 is 2.09 bits per heavy atom. The predicted molar refractivity (Wildman–Crippen MR) is 84.6 cm³/mol. The van der Waals surface area contributed by atoms with Crippen LogP contribution in [0.1, 0.15) is 35.5 Å². The van der Waals surface area contributed by atoms with E-state index in [0.29, 0.717) is 27.3 Å². The Labute approximate surface area is 138 Å². The number of halogens is 4. The van der Waals surface area contributed by atoms with Crippen LogP contribution in [0.25, 0.3) is 5.65 Å². The highest BCUT2D eigenvalue weighted by atomic mass is 79.9. The molecule has 0 N–H and O–H groups in total. The summed E-state index contributed by atoms with van der Waals surface area (Å²) in [4.78, 5) is 4.27. The minimum absolute atomic E-state index is 0.189. The maximum absolute atomic E-state index is 14.4. The first-order valence-corrected chi connectivity index (χ1v) is 7.98. The van der Waals surface area contributed by atoms with Crippen molar-refractivity contribution < 1.29 is 8.78 Å². The summed E-state index contributed by atoms with van der Waals surface area (Å²) in [6.45, 7) is 0. The van der Waals surface area contributed by atoms with Crippen LogP contribution < -0.4 is 0 Å². The van der Waals surface area contributed by atoms with Crippen LogP contribution >= 0.6 is 27.5 Å². The molecule has 1 aromatic carbocycles. The number of hydrogen-bond donors (Lipinski definition) is 0. The van der Waals surface area contributed by atoms with Gasteiger partial charge in [0.2, 0.25) is 0 Å². The molecule has 22 heavy (non-hydrogen) atoms. The fraction of sp³-hybridized carbons (Fsp3) is 0.188. The Balaban J connectivity index is 1.98. The van der Waals surface area contributed by atoms with Crippen molar-refractivity contribution in [3.05, 3.63) is 68.8 Å². The molecule has 0 spiro atoms. The molecule has 1 unspecified atom stereocenters. The highest BCUT2D eigenvalue weighted by Gasteiger charge is 2.37. The van der Waals surface area contributed by atoms with Gasteiger partial charge in [0.1, 0.15) is 17.6 Å². The zero-order valence-corrected chi connectivity index (χ0v) is 13.6. The number of nitrogens with zero attached hydrogens (tertiary/aromatic N) is 2. The lowest BCUT2D eigenvalue weighted by Crippen LogP contribution is -2.02. The van der Waals surface area contributed by atoms with Gasteiger partial charge in [-0.2, -0.15) is 0 Å². The minimum atomic E-state index is -1.17. The Bertz CT molecular complexity index is 893. The summed E-state index contributed by atoms with van der Waals surface area (Å²) in [6, 6.07) is 8.72. The largest absolute Gasteiger partial charge is 0.302 e. The summed E-state index contributed by atoms with van der Waals surface area (Å²) in [6.07, 6.45) is 0.732. The molecule has 6 heteroatoms. The van der Waals surface area contributed by atoms with Crippen molar-refractivity contribution in [3.8, 4) is 0 Å². The summed E-state index contributed by atoms with van der Waals surface area (Å²) >= 11 is 9.44. The van der Waals surface area contributed by atoms with Crippen molar-refractivity contribution in [3.63, 3.8) is 0 Å². The van der Waals surface area contributed by atoms with Crippen LogP contribution in [0, 0.1) is 5.82 Å². The van der Waals surface area contributed by atoms with Crippen LogP contribution in [-0.4, -0.2) is 9.38 Å². The molecule has 1 aliphatic rings. The molecular weight excluding hydrogens is 374 g/mol. The number of imidazole rings is 1. The summed E-state index contributed by atoms with van der Waals surface area (Å²) in [5.41, 5.74) is 2.40. The number of fused-ring (bicyclic) bond motifs is 3. The van der Waals surface area contributed by atoms with Gasteiger partial charge in [-0.25, -0.2) is 13.8 Å². The number of pyridine rings is 1. The lowest BCUT2D eigenvalue weighted by molar-refractivity contribution is 0.330. The van der Waals surface area contributed by atoms with E-state index in [4.69, 9.17) is 11.6 Å². The average molecular weight is 384 g/mol. The first-order chi connectivity index (χ1) is 10.6. The van der Waals surface area contributed by atoms with E-state index in [0.717, 1.165) is 11.3 Å². The van der Waals surface area contributed by atoms with Gasteiger partial charge in [-0.3, -0.25) is 0 Å². The standard InChI is InChI=1S/C16H10BrClF2N2/c17-10-7-22-14(6-12(10)19)21-15-13(20)5-9(16(15)22)8-3-1-2-4-11(8)18/h1-4,6-7,9,13H,5H2/t9?,13-/m0/s1. The van der Waals surface area contributed by atoms with Gasteiger partial charge in [-0.1, -0.05) is 29.8 Å². The Morgan fingerprint density at radius 3 is 2.86 bits per heavy atom. The molecule has 2 aromatic heterocycles. The van der Waals surface area contributed by atoms with E-state index in [1.165, 1.54) is 6.07 Å². The normalized spacial score (nSPS) is 20.5. The average Bonchev–Trinajstić information content (AvgIpc) is 2.99. The van der Waals surface area contributed by atoms with Gasteiger partial charge in [0, 0.05) is 23.2 Å². The van der Waals surface area contributed by atoms with E-state index in [-0.39, 0.29) is 5.92 Å². The molecule has 0 saturated heterocycles. The maximum atomic E-state index is 14.4. The lowest BCUT2D eigenvalue weighted by atomic mass is 9.96. The summed E-state index contributed by atoms with van der Waals surface area (Å²) < 4.78 is 30.1. The van der Waals surface area contributed by atoms with Gasteiger partial charge in [0.15, 0.2) is 0 Å². The van der Waals surface area contributed by atoms with E-state index in [2.05, 4.69) is 20.9 Å². The van der Waals surface area contributed by atoms with E-state index >= 15 is 0 Å². The Hall–Kier alpha value is -1.46. The molecule has 0 aliphatic heterocycles. The highest BCUT2D eigenvalue weighted by molar-refractivity contribution is 9.10. The Kier molecular flexibility index (Phi) is 3.24. The first-order valence-electron chi connectivity index (χ1n) is 6.81. The molecule has 2 atom stereocenters. The second-order valence-corrected chi connectivity index (χ2v) is 6.62. The molecule has 0 radical (unpaired) electrons. The zero-order chi connectivity index (χ0) is 15.4. The third-order valence-electron chi connectivity index (χ3n) is 4.08. The van der Waals surface area contributed by atoms with Crippen molar-refractivity contribution in [1.29, 1.82) is 0 Å². The second kappa shape index (κ2) is 5.03. The van der Waals surface area contributed by atoms with Crippen LogP contribution in [0.4, 0.5) is 8.78 Å². The van der Waals surface area contributed by atoms with E-state index in [9.17, 15) is 8.78 Å². The highest BCUT2D eigenvalue weighted by Crippen LogP contribution is 2.47.